The summed E-state index contributed by atoms with van der Waals surface area (Å²) in [6, 6.07) is 1.78. The molecule has 3 atom stereocenters. The average Bonchev–Trinajstić information content (AvgIpc) is 3.32. The lowest BCUT2D eigenvalue weighted by molar-refractivity contribution is 0.546. The number of aromatic nitrogens is 3. The van der Waals surface area contributed by atoms with Gasteiger partial charge in [0.25, 0.3) is 0 Å². The number of anilines is 3. The van der Waals surface area contributed by atoms with Crippen molar-refractivity contribution >= 4 is 40.8 Å². The molecule has 6 N–H and O–H groups in total. The van der Waals surface area contributed by atoms with Gasteiger partial charge in [-0.05, 0) is 36.8 Å². The Kier molecular flexibility index (Phi) is 4.35. The summed E-state index contributed by atoms with van der Waals surface area (Å²) in [5.41, 5.74) is 17.7. The summed E-state index contributed by atoms with van der Waals surface area (Å²) in [4.78, 5) is 16.0. The zero-order valence-electron chi connectivity index (χ0n) is 13.6. The van der Waals surface area contributed by atoms with Gasteiger partial charge in [0.15, 0.2) is 5.82 Å². The SMILES string of the molecule is NCC1[C@H]2CN(c3cnc(Sc4ccnc(N)c4Cl)c(N)n3)CC[C@@H]12. The number of nitrogens with zero attached hydrogens (tertiary/aromatic N) is 4. The maximum absolute atomic E-state index is 6.18. The molecular weight excluding hydrogens is 358 g/mol. The summed E-state index contributed by atoms with van der Waals surface area (Å²) in [7, 11) is 0. The largest absolute Gasteiger partial charge is 0.382 e. The van der Waals surface area contributed by atoms with Gasteiger partial charge in [0.1, 0.15) is 16.7 Å². The normalized spacial score (nSPS) is 24.9. The van der Waals surface area contributed by atoms with Crippen LogP contribution in [0.25, 0.3) is 0 Å². The lowest BCUT2D eigenvalue weighted by Crippen LogP contribution is -2.32. The number of nitrogens with two attached hydrogens (primary N) is 3. The fourth-order valence-corrected chi connectivity index (χ4v) is 4.68. The first kappa shape index (κ1) is 16.7. The molecule has 1 saturated carbocycles. The van der Waals surface area contributed by atoms with Crippen LogP contribution in [0.2, 0.25) is 5.02 Å². The summed E-state index contributed by atoms with van der Waals surface area (Å²) in [5, 5.41) is 1.01. The van der Waals surface area contributed by atoms with Crippen LogP contribution in [0.5, 0.6) is 0 Å². The quantitative estimate of drug-likeness (QED) is 0.738. The topological polar surface area (TPSA) is 120 Å². The highest BCUT2D eigenvalue weighted by molar-refractivity contribution is 7.99. The smallest absolute Gasteiger partial charge is 0.158 e. The molecule has 0 aromatic carbocycles. The molecule has 3 heterocycles. The maximum atomic E-state index is 6.18. The van der Waals surface area contributed by atoms with Crippen LogP contribution in [0, 0.1) is 17.8 Å². The van der Waals surface area contributed by atoms with Crippen LogP contribution in [-0.2, 0) is 0 Å². The summed E-state index contributed by atoms with van der Waals surface area (Å²) < 4.78 is 0. The zero-order chi connectivity index (χ0) is 17.6. The third-order valence-electron chi connectivity index (χ3n) is 5.11. The minimum Gasteiger partial charge on any atom is -0.382 e. The van der Waals surface area contributed by atoms with E-state index in [9.17, 15) is 0 Å². The predicted molar refractivity (Wildman–Crippen MR) is 101 cm³/mol. The van der Waals surface area contributed by atoms with E-state index in [4.69, 9.17) is 28.8 Å². The van der Waals surface area contributed by atoms with E-state index in [1.807, 2.05) is 0 Å². The number of hydrogen-bond donors (Lipinski definition) is 3. The standard InChI is InChI=1S/C16H20ClN7S/c17-13-11(1-3-21-14(13)19)25-16-15(20)23-12(6-22-16)24-4-2-8-9(5-18)10(8)7-24/h1,3,6,8-10H,2,4-5,7,18H2,(H2,19,21)(H2,20,23)/t8-,9?,10-/m0/s1. The Morgan fingerprint density at radius 2 is 2.08 bits per heavy atom. The molecule has 2 aromatic rings. The number of fused-ring (bicyclic) bond motifs is 1. The van der Waals surface area contributed by atoms with Crippen molar-refractivity contribution in [2.75, 3.05) is 36.0 Å². The molecule has 1 aliphatic heterocycles. The molecule has 1 saturated heterocycles. The molecular formula is C16H20ClN7S. The van der Waals surface area contributed by atoms with Gasteiger partial charge in [0, 0.05) is 24.2 Å². The van der Waals surface area contributed by atoms with E-state index in [1.54, 1.807) is 18.5 Å². The van der Waals surface area contributed by atoms with Crippen molar-refractivity contribution in [3.05, 3.63) is 23.5 Å². The Hall–Kier alpha value is -1.77. The van der Waals surface area contributed by atoms with E-state index < -0.39 is 0 Å². The second-order valence-electron chi connectivity index (χ2n) is 6.49. The highest BCUT2D eigenvalue weighted by Crippen LogP contribution is 2.51. The average molecular weight is 378 g/mol. The van der Waals surface area contributed by atoms with Gasteiger partial charge in [-0.25, -0.2) is 15.0 Å². The lowest BCUT2D eigenvalue weighted by atomic mass is 10.1. The molecule has 0 amide bonds. The summed E-state index contributed by atoms with van der Waals surface area (Å²) in [6.07, 6.45) is 4.54. The van der Waals surface area contributed by atoms with Crippen LogP contribution < -0.4 is 22.1 Å². The van der Waals surface area contributed by atoms with Crippen molar-refractivity contribution in [2.45, 2.75) is 16.3 Å². The number of rotatable bonds is 4. The number of nitrogen functional groups attached to an aromatic ring is 2. The molecule has 2 aliphatic rings. The Bertz CT molecular complexity index is 798. The van der Waals surface area contributed by atoms with E-state index in [0.29, 0.717) is 27.7 Å². The van der Waals surface area contributed by atoms with Gasteiger partial charge in [-0.1, -0.05) is 23.4 Å². The van der Waals surface area contributed by atoms with Crippen molar-refractivity contribution in [1.29, 1.82) is 0 Å². The van der Waals surface area contributed by atoms with Crippen molar-refractivity contribution in [3.63, 3.8) is 0 Å². The van der Waals surface area contributed by atoms with Crippen molar-refractivity contribution in [1.82, 2.24) is 15.0 Å². The van der Waals surface area contributed by atoms with Gasteiger partial charge < -0.3 is 22.1 Å². The molecule has 1 aliphatic carbocycles. The monoisotopic (exact) mass is 377 g/mol. The van der Waals surface area contributed by atoms with Gasteiger partial charge in [-0.2, -0.15) is 0 Å². The van der Waals surface area contributed by atoms with Crippen LogP contribution in [0.3, 0.4) is 0 Å². The number of hydrogen-bond acceptors (Lipinski definition) is 8. The third-order valence-corrected chi connectivity index (χ3v) is 6.68. The van der Waals surface area contributed by atoms with E-state index in [0.717, 1.165) is 42.7 Å². The Morgan fingerprint density at radius 1 is 1.24 bits per heavy atom. The molecule has 7 nitrogen and oxygen atoms in total. The van der Waals surface area contributed by atoms with E-state index >= 15 is 0 Å². The van der Waals surface area contributed by atoms with Crippen LogP contribution in [0.1, 0.15) is 6.42 Å². The molecule has 1 unspecified atom stereocenters. The zero-order valence-corrected chi connectivity index (χ0v) is 15.2. The van der Waals surface area contributed by atoms with Crippen molar-refractivity contribution in [2.24, 2.45) is 23.5 Å². The fourth-order valence-electron chi connectivity index (χ4n) is 3.67. The van der Waals surface area contributed by atoms with Crippen LogP contribution in [0.4, 0.5) is 17.5 Å². The molecule has 0 radical (unpaired) electrons. The first-order valence-electron chi connectivity index (χ1n) is 8.24. The maximum Gasteiger partial charge on any atom is 0.158 e. The lowest BCUT2D eigenvalue weighted by Gasteiger charge is -2.27. The first-order chi connectivity index (χ1) is 12.1. The van der Waals surface area contributed by atoms with E-state index in [-0.39, 0.29) is 5.82 Å². The Morgan fingerprint density at radius 3 is 2.84 bits per heavy atom. The summed E-state index contributed by atoms with van der Waals surface area (Å²) in [6.45, 7) is 2.74. The molecule has 132 valence electrons. The Balaban J connectivity index is 1.50. The van der Waals surface area contributed by atoms with Gasteiger partial charge in [0.05, 0.1) is 11.2 Å². The Labute approximate surface area is 155 Å². The van der Waals surface area contributed by atoms with Gasteiger partial charge in [-0.15, -0.1) is 0 Å². The van der Waals surface area contributed by atoms with Crippen LogP contribution >= 0.6 is 23.4 Å². The molecule has 2 aromatic heterocycles. The molecule has 0 bridgehead atoms. The van der Waals surface area contributed by atoms with E-state index in [2.05, 4.69) is 19.9 Å². The number of piperidine rings is 1. The number of pyridine rings is 1. The van der Waals surface area contributed by atoms with Gasteiger partial charge in [0.2, 0.25) is 0 Å². The van der Waals surface area contributed by atoms with Crippen LogP contribution in [0.15, 0.2) is 28.4 Å². The summed E-state index contributed by atoms with van der Waals surface area (Å²) >= 11 is 7.52. The highest BCUT2D eigenvalue weighted by atomic mass is 35.5. The molecule has 0 spiro atoms. The predicted octanol–water partition coefficient (Wildman–Crippen LogP) is 1.87. The second kappa shape index (κ2) is 6.51. The van der Waals surface area contributed by atoms with Crippen LogP contribution in [-0.4, -0.2) is 34.6 Å². The van der Waals surface area contributed by atoms with Gasteiger partial charge >= 0.3 is 0 Å². The molecule has 4 rings (SSSR count). The molecule has 9 heteroatoms. The first-order valence-corrected chi connectivity index (χ1v) is 9.43. The molecule has 25 heavy (non-hydrogen) atoms. The van der Waals surface area contributed by atoms with Gasteiger partial charge in [-0.3, -0.25) is 0 Å². The highest BCUT2D eigenvalue weighted by Gasteiger charge is 2.51. The summed E-state index contributed by atoms with van der Waals surface area (Å²) in [5.74, 6) is 3.65. The fraction of sp³-hybridized carbons (Fsp3) is 0.438. The minimum absolute atomic E-state index is 0.288. The van der Waals surface area contributed by atoms with E-state index in [1.165, 1.54) is 11.8 Å². The minimum atomic E-state index is 0.288. The van der Waals surface area contributed by atoms with Crippen molar-refractivity contribution < 1.29 is 0 Å². The third kappa shape index (κ3) is 3.09. The molecule has 2 fully saturated rings. The number of halogens is 1. The van der Waals surface area contributed by atoms with Crippen molar-refractivity contribution in [3.8, 4) is 0 Å². The second-order valence-corrected chi connectivity index (χ2v) is 7.90.